The second kappa shape index (κ2) is 5.38. The molecule has 4 rings (SSSR count). The SMILES string of the molecule is CO[C@@H]1c2cc(C(C)C)c(O)c(O)c2[C@@]23CCCC(C)(C)[C@H]2[C@@H]1OC3=O. The minimum atomic E-state index is -0.895. The van der Waals surface area contributed by atoms with E-state index in [1.54, 1.807) is 7.11 Å². The summed E-state index contributed by atoms with van der Waals surface area (Å²) in [7, 11) is 1.61. The van der Waals surface area contributed by atoms with Crippen molar-refractivity contribution >= 4 is 5.97 Å². The molecule has 4 atom stereocenters. The molecule has 1 aromatic rings. The average Bonchev–Trinajstić information content (AvgIpc) is 2.81. The Morgan fingerprint density at radius 1 is 1.23 bits per heavy atom. The zero-order valence-corrected chi connectivity index (χ0v) is 16.1. The predicted molar refractivity (Wildman–Crippen MR) is 96.3 cm³/mol. The van der Waals surface area contributed by atoms with E-state index in [-0.39, 0.29) is 40.8 Å². The number of esters is 1. The molecule has 2 fully saturated rings. The molecule has 1 saturated carbocycles. The summed E-state index contributed by atoms with van der Waals surface area (Å²) >= 11 is 0. The van der Waals surface area contributed by atoms with Gasteiger partial charge < -0.3 is 19.7 Å². The summed E-state index contributed by atoms with van der Waals surface area (Å²) in [6, 6.07) is 1.90. The molecule has 2 aliphatic carbocycles. The van der Waals surface area contributed by atoms with Crippen molar-refractivity contribution < 1.29 is 24.5 Å². The number of ether oxygens (including phenoxy) is 2. The van der Waals surface area contributed by atoms with E-state index in [4.69, 9.17) is 9.47 Å². The fraction of sp³-hybridized carbons (Fsp3) is 0.667. The van der Waals surface area contributed by atoms with Crippen LogP contribution in [0.3, 0.4) is 0 Å². The van der Waals surface area contributed by atoms with E-state index >= 15 is 0 Å². The van der Waals surface area contributed by atoms with Gasteiger partial charge in [-0.1, -0.05) is 34.1 Å². The van der Waals surface area contributed by atoms with Crippen molar-refractivity contribution in [2.24, 2.45) is 11.3 Å². The van der Waals surface area contributed by atoms with Gasteiger partial charge in [-0.15, -0.1) is 0 Å². The number of carbonyl (C=O) groups is 1. The van der Waals surface area contributed by atoms with Gasteiger partial charge >= 0.3 is 5.97 Å². The zero-order chi connectivity index (χ0) is 19.0. The molecule has 1 saturated heterocycles. The number of benzene rings is 1. The van der Waals surface area contributed by atoms with Crippen molar-refractivity contribution in [3.63, 3.8) is 0 Å². The van der Waals surface area contributed by atoms with Gasteiger partial charge in [0.25, 0.3) is 0 Å². The highest BCUT2D eigenvalue weighted by Crippen LogP contribution is 2.67. The molecule has 0 aromatic heterocycles. The van der Waals surface area contributed by atoms with E-state index in [2.05, 4.69) is 13.8 Å². The van der Waals surface area contributed by atoms with Crippen LogP contribution in [0.25, 0.3) is 0 Å². The van der Waals surface area contributed by atoms with Gasteiger partial charge in [-0.25, -0.2) is 0 Å². The van der Waals surface area contributed by atoms with Gasteiger partial charge in [0.05, 0.1) is 0 Å². The van der Waals surface area contributed by atoms with E-state index < -0.39 is 11.5 Å². The number of methoxy groups -OCH3 is 1. The van der Waals surface area contributed by atoms with Crippen LogP contribution >= 0.6 is 0 Å². The predicted octanol–water partition coefficient (Wildman–Crippen LogP) is 3.91. The number of hydrogen-bond acceptors (Lipinski definition) is 5. The van der Waals surface area contributed by atoms with Crippen LogP contribution in [-0.4, -0.2) is 29.4 Å². The van der Waals surface area contributed by atoms with Crippen molar-refractivity contribution in [2.45, 2.75) is 70.5 Å². The molecule has 2 bridgehead atoms. The first-order chi connectivity index (χ1) is 12.2. The molecule has 0 unspecified atom stereocenters. The maximum Gasteiger partial charge on any atom is 0.317 e. The molecule has 26 heavy (non-hydrogen) atoms. The van der Waals surface area contributed by atoms with Crippen LogP contribution < -0.4 is 0 Å². The molecule has 1 heterocycles. The molecule has 5 nitrogen and oxygen atoms in total. The van der Waals surface area contributed by atoms with Gasteiger partial charge in [-0.2, -0.15) is 0 Å². The number of phenolic OH excluding ortho intramolecular Hbond substituents is 2. The molecule has 1 aliphatic heterocycles. The highest BCUT2D eigenvalue weighted by Gasteiger charge is 2.70. The topological polar surface area (TPSA) is 76.0 Å². The quantitative estimate of drug-likeness (QED) is 0.618. The summed E-state index contributed by atoms with van der Waals surface area (Å²) in [6.45, 7) is 8.26. The summed E-state index contributed by atoms with van der Waals surface area (Å²) in [5.41, 5.74) is 0.968. The highest BCUT2D eigenvalue weighted by atomic mass is 16.6. The second-order valence-corrected chi connectivity index (χ2v) is 9.10. The Hall–Kier alpha value is -1.75. The van der Waals surface area contributed by atoms with Crippen LogP contribution in [-0.2, 0) is 19.7 Å². The van der Waals surface area contributed by atoms with Gasteiger partial charge in [0.2, 0.25) is 0 Å². The van der Waals surface area contributed by atoms with E-state index in [1.165, 1.54) is 0 Å². The van der Waals surface area contributed by atoms with E-state index in [9.17, 15) is 15.0 Å². The lowest BCUT2D eigenvalue weighted by atomic mass is 9.49. The Morgan fingerprint density at radius 2 is 1.92 bits per heavy atom. The molecule has 0 amide bonds. The number of rotatable bonds is 2. The monoisotopic (exact) mass is 360 g/mol. The van der Waals surface area contributed by atoms with Crippen LogP contribution in [0.2, 0.25) is 0 Å². The molecule has 0 spiro atoms. The Kier molecular flexibility index (Phi) is 3.65. The molecule has 1 aromatic carbocycles. The Balaban J connectivity index is 2.08. The first-order valence-electron chi connectivity index (χ1n) is 9.50. The Labute approximate surface area is 154 Å². The van der Waals surface area contributed by atoms with Crippen molar-refractivity contribution in [2.75, 3.05) is 7.11 Å². The van der Waals surface area contributed by atoms with Gasteiger partial charge in [0.15, 0.2) is 11.5 Å². The third-order valence-corrected chi connectivity index (χ3v) is 6.96. The summed E-state index contributed by atoms with van der Waals surface area (Å²) in [5, 5.41) is 21.7. The first-order valence-corrected chi connectivity index (χ1v) is 9.50. The van der Waals surface area contributed by atoms with Crippen LogP contribution in [0.5, 0.6) is 11.5 Å². The molecular weight excluding hydrogens is 332 g/mol. The molecular formula is C21H28O5. The normalized spacial score (nSPS) is 34.4. The zero-order valence-electron chi connectivity index (χ0n) is 16.1. The van der Waals surface area contributed by atoms with Crippen LogP contribution in [0.4, 0.5) is 0 Å². The molecule has 2 N–H and O–H groups in total. The molecule has 5 heteroatoms. The molecule has 0 radical (unpaired) electrons. The maximum atomic E-state index is 13.1. The fourth-order valence-corrected chi connectivity index (χ4v) is 5.94. The number of fused-ring (bicyclic) bond motifs is 1. The van der Waals surface area contributed by atoms with E-state index in [0.717, 1.165) is 18.4 Å². The van der Waals surface area contributed by atoms with Crippen LogP contribution in [0.1, 0.15) is 75.7 Å². The standard InChI is InChI=1S/C21H28O5/c1-10(2)11-9-12-13(15(23)14(11)22)21-8-6-7-20(3,4)18(21)17(16(12)25-5)26-19(21)24/h9-10,16-18,22-23H,6-8H2,1-5H3/t16-,17-,18-,21+/m1/s1. The lowest BCUT2D eigenvalue weighted by Gasteiger charge is -2.52. The van der Waals surface area contributed by atoms with Gasteiger partial charge in [0.1, 0.15) is 17.6 Å². The summed E-state index contributed by atoms with van der Waals surface area (Å²) in [4.78, 5) is 13.1. The number of phenols is 2. The van der Waals surface area contributed by atoms with Crippen molar-refractivity contribution in [3.8, 4) is 11.5 Å². The summed E-state index contributed by atoms with van der Waals surface area (Å²) in [5.74, 6) is -0.621. The lowest BCUT2D eigenvalue weighted by Crippen LogP contribution is -2.54. The van der Waals surface area contributed by atoms with E-state index in [1.807, 2.05) is 19.9 Å². The molecule has 3 aliphatic rings. The van der Waals surface area contributed by atoms with Crippen molar-refractivity contribution in [3.05, 3.63) is 22.8 Å². The van der Waals surface area contributed by atoms with Gasteiger partial charge in [-0.3, -0.25) is 4.79 Å². The second-order valence-electron chi connectivity index (χ2n) is 9.10. The first kappa shape index (κ1) is 17.7. The number of hydrogen-bond donors (Lipinski definition) is 2. The molecule has 142 valence electrons. The Bertz CT molecular complexity index is 781. The smallest absolute Gasteiger partial charge is 0.317 e. The summed E-state index contributed by atoms with van der Waals surface area (Å²) < 4.78 is 11.7. The van der Waals surface area contributed by atoms with Crippen molar-refractivity contribution in [1.82, 2.24) is 0 Å². The van der Waals surface area contributed by atoms with Gasteiger partial charge in [0, 0.05) is 24.2 Å². The minimum Gasteiger partial charge on any atom is -0.504 e. The third-order valence-electron chi connectivity index (χ3n) is 6.96. The fourth-order valence-electron chi connectivity index (χ4n) is 5.94. The van der Waals surface area contributed by atoms with Crippen LogP contribution in [0, 0.1) is 11.3 Å². The van der Waals surface area contributed by atoms with Gasteiger partial charge in [-0.05, 0) is 35.8 Å². The summed E-state index contributed by atoms with van der Waals surface area (Å²) in [6.07, 6.45) is 1.72. The third kappa shape index (κ3) is 1.92. The number of aromatic hydroxyl groups is 2. The van der Waals surface area contributed by atoms with Crippen LogP contribution in [0.15, 0.2) is 6.07 Å². The lowest BCUT2D eigenvalue weighted by molar-refractivity contribution is -0.149. The van der Waals surface area contributed by atoms with Crippen molar-refractivity contribution in [1.29, 1.82) is 0 Å². The van der Waals surface area contributed by atoms with E-state index in [0.29, 0.717) is 17.5 Å². The maximum absolute atomic E-state index is 13.1. The average molecular weight is 360 g/mol. The largest absolute Gasteiger partial charge is 0.504 e. The Morgan fingerprint density at radius 3 is 2.54 bits per heavy atom. The highest BCUT2D eigenvalue weighted by molar-refractivity contribution is 5.90. The number of carbonyl (C=O) groups excluding carboxylic acids is 1. The minimum absolute atomic E-state index is 0.0380.